The predicted octanol–water partition coefficient (Wildman–Crippen LogP) is 4.00. The van der Waals surface area contributed by atoms with Gasteiger partial charge in [-0.1, -0.05) is 18.2 Å². The molecule has 0 aliphatic carbocycles. The topological polar surface area (TPSA) is 76.1 Å². The number of anilines is 1. The van der Waals surface area contributed by atoms with Crippen LogP contribution in [0.15, 0.2) is 30.3 Å². The van der Waals surface area contributed by atoms with E-state index < -0.39 is 11.6 Å². The van der Waals surface area contributed by atoms with Crippen molar-refractivity contribution < 1.29 is 24.2 Å². The number of para-hydroxylation sites is 1. The summed E-state index contributed by atoms with van der Waals surface area (Å²) in [6, 6.07) is 9.07. The number of ether oxygens (including phenoxy) is 2. The molecule has 1 aliphatic heterocycles. The highest BCUT2D eigenvalue weighted by atomic mass is 16.5. The van der Waals surface area contributed by atoms with Gasteiger partial charge in [-0.25, -0.2) is 0 Å². The van der Waals surface area contributed by atoms with Gasteiger partial charge in [-0.2, -0.15) is 0 Å². The van der Waals surface area contributed by atoms with E-state index in [0.717, 1.165) is 22.3 Å². The lowest BCUT2D eigenvalue weighted by atomic mass is 9.86. The van der Waals surface area contributed by atoms with E-state index in [9.17, 15) is 14.7 Å². The lowest BCUT2D eigenvalue weighted by Gasteiger charge is -2.39. The minimum atomic E-state index is -1.14. The monoisotopic (exact) mass is 411 g/mol. The Morgan fingerprint density at radius 3 is 2.43 bits per heavy atom. The summed E-state index contributed by atoms with van der Waals surface area (Å²) < 4.78 is 11.4. The summed E-state index contributed by atoms with van der Waals surface area (Å²) in [5, 5.41) is 10.4. The number of nitrogens with zero attached hydrogens (tertiary/aromatic N) is 1. The molecule has 1 unspecified atom stereocenters. The van der Waals surface area contributed by atoms with Crippen molar-refractivity contribution in [1.82, 2.24) is 0 Å². The molecule has 6 heteroatoms. The van der Waals surface area contributed by atoms with E-state index in [2.05, 4.69) is 0 Å². The van der Waals surface area contributed by atoms with E-state index in [1.54, 1.807) is 26.0 Å². The van der Waals surface area contributed by atoms with E-state index >= 15 is 0 Å². The average molecular weight is 411 g/mol. The van der Waals surface area contributed by atoms with Crippen molar-refractivity contribution in [2.75, 3.05) is 18.1 Å². The molecule has 0 bridgehead atoms. The quantitative estimate of drug-likeness (QED) is 0.753. The van der Waals surface area contributed by atoms with Gasteiger partial charge in [0.15, 0.2) is 5.60 Å². The minimum Gasteiger partial charge on any atom is -0.507 e. The number of amides is 1. The van der Waals surface area contributed by atoms with Crippen molar-refractivity contribution in [2.45, 2.75) is 53.1 Å². The lowest BCUT2D eigenvalue weighted by molar-refractivity contribution is -0.144. The van der Waals surface area contributed by atoms with E-state index in [-0.39, 0.29) is 24.8 Å². The highest BCUT2D eigenvalue weighted by Crippen LogP contribution is 2.43. The van der Waals surface area contributed by atoms with Gasteiger partial charge in [-0.3, -0.25) is 14.5 Å². The maximum Gasteiger partial charge on any atom is 0.326 e. The molecule has 160 valence electrons. The van der Waals surface area contributed by atoms with E-state index in [1.165, 1.54) is 4.90 Å². The molecule has 6 nitrogen and oxygen atoms in total. The number of benzene rings is 2. The van der Waals surface area contributed by atoms with Crippen LogP contribution in [0.3, 0.4) is 0 Å². The number of carbonyl (C=O) groups excluding carboxylic acids is 2. The van der Waals surface area contributed by atoms with Crippen LogP contribution in [-0.4, -0.2) is 35.7 Å². The standard InChI is InChI=1S/C24H29NO5/c1-6-29-20(26)14-25(18-10-8-7-9-11-18)23(28)24(5)13-12-19-17(4)21(27)15(2)16(3)22(19)30-24/h7-11,27H,6,12-14H2,1-5H3. The third-order valence-corrected chi connectivity index (χ3v) is 5.88. The van der Waals surface area contributed by atoms with Gasteiger partial charge >= 0.3 is 5.97 Å². The third kappa shape index (κ3) is 3.86. The molecule has 1 heterocycles. The van der Waals surface area contributed by atoms with E-state index in [4.69, 9.17) is 9.47 Å². The predicted molar refractivity (Wildman–Crippen MR) is 115 cm³/mol. The number of phenolic OH excluding ortho intramolecular Hbond substituents is 1. The summed E-state index contributed by atoms with van der Waals surface area (Å²) in [4.78, 5) is 27.3. The number of fused-ring (bicyclic) bond motifs is 1. The van der Waals surface area contributed by atoms with Gasteiger partial charge in [0.05, 0.1) is 6.61 Å². The lowest BCUT2D eigenvalue weighted by Crippen LogP contribution is -2.54. The summed E-state index contributed by atoms with van der Waals surface area (Å²) in [5.41, 5.74) is 2.75. The van der Waals surface area contributed by atoms with E-state index in [1.807, 2.05) is 39.0 Å². The van der Waals surface area contributed by atoms with Gasteiger partial charge in [0.1, 0.15) is 18.0 Å². The number of esters is 1. The molecule has 0 saturated carbocycles. The zero-order valence-corrected chi connectivity index (χ0v) is 18.2. The first-order valence-electron chi connectivity index (χ1n) is 10.2. The molecule has 0 radical (unpaired) electrons. The smallest absolute Gasteiger partial charge is 0.326 e. The van der Waals surface area contributed by atoms with Crippen LogP contribution in [0.25, 0.3) is 0 Å². The second kappa shape index (κ2) is 8.38. The number of hydrogen-bond donors (Lipinski definition) is 1. The number of hydrogen-bond acceptors (Lipinski definition) is 5. The summed E-state index contributed by atoms with van der Waals surface area (Å²) in [6.07, 6.45) is 1.04. The zero-order chi connectivity index (χ0) is 22.1. The molecule has 2 aromatic rings. The second-order valence-electron chi connectivity index (χ2n) is 7.90. The first kappa shape index (κ1) is 21.7. The number of carbonyl (C=O) groups is 2. The summed E-state index contributed by atoms with van der Waals surface area (Å²) in [5.74, 6) is 0.157. The first-order chi connectivity index (χ1) is 14.2. The third-order valence-electron chi connectivity index (χ3n) is 5.88. The molecule has 0 spiro atoms. The Kier molecular flexibility index (Phi) is 6.06. The van der Waals surface area contributed by atoms with Crippen LogP contribution in [0.4, 0.5) is 5.69 Å². The van der Waals surface area contributed by atoms with Gasteiger partial charge in [0.25, 0.3) is 5.91 Å². The maximum atomic E-state index is 13.7. The van der Waals surface area contributed by atoms with Crippen molar-refractivity contribution in [1.29, 1.82) is 0 Å². The largest absolute Gasteiger partial charge is 0.507 e. The summed E-state index contributed by atoms with van der Waals surface area (Å²) >= 11 is 0. The van der Waals surface area contributed by atoms with Crippen molar-refractivity contribution in [3.8, 4) is 11.5 Å². The zero-order valence-electron chi connectivity index (χ0n) is 18.2. The Labute approximate surface area is 177 Å². The number of phenols is 1. The van der Waals surface area contributed by atoms with Crippen LogP contribution in [-0.2, 0) is 20.7 Å². The van der Waals surface area contributed by atoms with E-state index in [0.29, 0.717) is 24.3 Å². The molecular formula is C24H29NO5. The van der Waals surface area contributed by atoms with Crippen LogP contribution in [0.5, 0.6) is 11.5 Å². The molecule has 1 atom stereocenters. The molecule has 0 aromatic heterocycles. The normalized spacial score (nSPS) is 17.6. The van der Waals surface area contributed by atoms with Gasteiger partial charge in [-0.05, 0) is 69.9 Å². The van der Waals surface area contributed by atoms with Crippen molar-refractivity contribution in [3.63, 3.8) is 0 Å². The second-order valence-corrected chi connectivity index (χ2v) is 7.90. The highest BCUT2D eigenvalue weighted by Gasteiger charge is 2.44. The van der Waals surface area contributed by atoms with Gasteiger partial charge < -0.3 is 14.6 Å². The van der Waals surface area contributed by atoms with Crippen molar-refractivity contribution >= 4 is 17.6 Å². The molecule has 3 rings (SSSR count). The van der Waals surface area contributed by atoms with Crippen LogP contribution >= 0.6 is 0 Å². The van der Waals surface area contributed by atoms with Crippen LogP contribution < -0.4 is 9.64 Å². The summed E-state index contributed by atoms with van der Waals surface area (Å²) in [7, 11) is 0. The van der Waals surface area contributed by atoms with Crippen molar-refractivity contribution in [2.24, 2.45) is 0 Å². The molecule has 1 N–H and O–H groups in total. The number of rotatable bonds is 5. The molecule has 0 saturated heterocycles. The molecule has 2 aromatic carbocycles. The van der Waals surface area contributed by atoms with Crippen LogP contribution in [0.2, 0.25) is 0 Å². The maximum absolute atomic E-state index is 13.7. The summed E-state index contributed by atoms with van der Waals surface area (Å²) in [6.45, 7) is 9.15. The fraction of sp³-hybridized carbons (Fsp3) is 0.417. The fourth-order valence-electron chi connectivity index (χ4n) is 3.91. The highest BCUT2D eigenvalue weighted by molar-refractivity contribution is 6.02. The Morgan fingerprint density at radius 2 is 1.80 bits per heavy atom. The fourth-order valence-corrected chi connectivity index (χ4v) is 3.91. The molecule has 1 amide bonds. The average Bonchev–Trinajstić information content (AvgIpc) is 2.75. The minimum absolute atomic E-state index is 0.185. The first-order valence-corrected chi connectivity index (χ1v) is 10.2. The SMILES string of the molecule is CCOC(=O)CN(C(=O)C1(C)CCc2c(C)c(O)c(C)c(C)c2O1)c1ccccc1. The molecule has 1 aliphatic rings. The Morgan fingerprint density at radius 1 is 1.13 bits per heavy atom. The van der Waals surface area contributed by atoms with Crippen LogP contribution in [0, 0.1) is 20.8 Å². The van der Waals surface area contributed by atoms with Gasteiger partial charge in [0.2, 0.25) is 0 Å². The van der Waals surface area contributed by atoms with Gasteiger partial charge in [0, 0.05) is 17.7 Å². The molecule has 30 heavy (non-hydrogen) atoms. The number of aromatic hydroxyl groups is 1. The van der Waals surface area contributed by atoms with Crippen LogP contribution in [0.1, 0.15) is 42.5 Å². The Bertz CT molecular complexity index is 970. The van der Waals surface area contributed by atoms with Crippen molar-refractivity contribution in [3.05, 3.63) is 52.6 Å². The Hall–Kier alpha value is -3.02. The van der Waals surface area contributed by atoms with Gasteiger partial charge in [-0.15, -0.1) is 0 Å². The molecule has 0 fully saturated rings. The Balaban J connectivity index is 1.98. The molecular weight excluding hydrogens is 382 g/mol.